The minimum absolute atomic E-state index is 0.0310. The first kappa shape index (κ1) is 16.7. The monoisotopic (exact) mass is 357 g/mol. The molecule has 0 unspecified atom stereocenters. The van der Waals surface area contributed by atoms with Crippen molar-refractivity contribution in [2.75, 3.05) is 5.32 Å². The number of hydrogen-bond donors (Lipinski definition) is 2. The number of carbonyl (C=O) groups excluding carboxylic acids is 2. The predicted octanol–water partition coefficient (Wildman–Crippen LogP) is 2.60. The number of anilines is 1. The van der Waals surface area contributed by atoms with Crippen LogP contribution in [0.2, 0.25) is 0 Å². The van der Waals surface area contributed by atoms with Gasteiger partial charge >= 0.3 is 0 Å². The molecule has 3 rings (SSSR count). The largest absolute Gasteiger partial charge is 0.489 e. The Hall–Kier alpha value is -3.13. The molecule has 0 spiro atoms. The zero-order valence-corrected chi connectivity index (χ0v) is 13.9. The number of rotatable bonds is 7. The second-order valence-corrected chi connectivity index (χ2v) is 5.98. The molecule has 0 radical (unpaired) electrons. The van der Waals surface area contributed by atoms with Crippen molar-refractivity contribution in [2.24, 2.45) is 5.73 Å². The van der Waals surface area contributed by atoms with Gasteiger partial charge in [0.25, 0.3) is 5.91 Å². The Kier molecular flexibility index (Phi) is 5.10. The highest BCUT2D eigenvalue weighted by Crippen LogP contribution is 2.20. The van der Waals surface area contributed by atoms with Crippen molar-refractivity contribution in [3.05, 3.63) is 65.1 Å². The highest BCUT2D eigenvalue weighted by Gasteiger charge is 2.17. The summed E-state index contributed by atoms with van der Waals surface area (Å²) in [6.07, 6.45) is 1.46. The van der Waals surface area contributed by atoms with Gasteiger partial charge in [-0.05, 0) is 18.2 Å². The van der Waals surface area contributed by atoms with E-state index in [0.29, 0.717) is 22.1 Å². The molecular formula is C17H15N3O4S. The van der Waals surface area contributed by atoms with Crippen LogP contribution in [0.3, 0.4) is 0 Å². The maximum Gasteiger partial charge on any atom is 0.293 e. The first-order chi connectivity index (χ1) is 12.1. The molecule has 2 amide bonds. The van der Waals surface area contributed by atoms with E-state index in [4.69, 9.17) is 14.9 Å². The second-order valence-electron chi connectivity index (χ2n) is 5.12. The number of furan rings is 1. The fourth-order valence-electron chi connectivity index (χ4n) is 2.10. The summed E-state index contributed by atoms with van der Waals surface area (Å²) < 4.78 is 10.9. The molecule has 128 valence electrons. The van der Waals surface area contributed by atoms with E-state index in [-0.39, 0.29) is 18.8 Å². The van der Waals surface area contributed by atoms with E-state index in [0.717, 1.165) is 0 Å². The lowest BCUT2D eigenvalue weighted by Gasteiger charge is -2.06. The number of thiazole rings is 1. The van der Waals surface area contributed by atoms with Crippen LogP contribution in [-0.2, 0) is 17.8 Å². The number of amides is 2. The smallest absolute Gasteiger partial charge is 0.293 e. The zero-order valence-electron chi connectivity index (χ0n) is 13.1. The van der Waals surface area contributed by atoms with Gasteiger partial charge in [-0.1, -0.05) is 18.2 Å². The number of aromatic nitrogens is 1. The lowest BCUT2D eigenvalue weighted by atomic mass is 10.2. The average Bonchev–Trinajstić information content (AvgIpc) is 3.22. The molecule has 0 atom stereocenters. The van der Waals surface area contributed by atoms with Crippen LogP contribution in [-0.4, -0.2) is 16.8 Å². The molecule has 0 fully saturated rings. The Labute approximate surface area is 147 Å². The van der Waals surface area contributed by atoms with Crippen LogP contribution in [0.5, 0.6) is 5.75 Å². The lowest BCUT2D eigenvalue weighted by Crippen LogP contribution is -2.15. The highest BCUT2D eigenvalue weighted by molar-refractivity contribution is 7.14. The molecule has 0 bridgehead atoms. The van der Waals surface area contributed by atoms with E-state index in [1.54, 1.807) is 11.4 Å². The van der Waals surface area contributed by atoms with E-state index in [1.807, 2.05) is 30.3 Å². The molecule has 2 aromatic heterocycles. The SMILES string of the molecule is NC(=O)Cc1csc(NC(=O)c2occc2COc2ccccc2)n1. The van der Waals surface area contributed by atoms with Crippen LogP contribution in [0.25, 0.3) is 0 Å². The number of nitrogens with two attached hydrogens (primary N) is 1. The molecule has 0 saturated heterocycles. The third kappa shape index (κ3) is 4.45. The van der Waals surface area contributed by atoms with Crippen molar-refractivity contribution in [3.8, 4) is 5.75 Å². The maximum atomic E-state index is 12.4. The van der Waals surface area contributed by atoms with Gasteiger partial charge in [0.05, 0.1) is 18.4 Å². The summed E-state index contributed by atoms with van der Waals surface area (Å²) in [7, 11) is 0. The molecule has 0 aliphatic carbocycles. The van der Waals surface area contributed by atoms with Crippen molar-refractivity contribution in [2.45, 2.75) is 13.0 Å². The number of benzene rings is 1. The van der Waals surface area contributed by atoms with Crippen LogP contribution >= 0.6 is 11.3 Å². The van der Waals surface area contributed by atoms with Gasteiger partial charge in [-0.25, -0.2) is 4.98 Å². The Morgan fingerprint density at radius 2 is 2.04 bits per heavy atom. The number of nitrogens with zero attached hydrogens (tertiary/aromatic N) is 1. The van der Waals surface area contributed by atoms with Gasteiger partial charge in [0.1, 0.15) is 12.4 Å². The third-order valence-corrected chi connectivity index (χ3v) is 4.02. The average molecular weight is 357 g/mol. The summed E-state index contributed by atoms with van der Waals surface area (Å²) in [5.41, 5.74) is 6.26. The molecule has 3 N–H and O–H groups in total. The second kappa shape index (κ2) is 7.63. The normalized spacial score (nSPS) is 10.4. The van der Waals surface area contributed by atoms with E-state index in [1.165, 1.54) is 17.6 Å². The number of hydrogen-bond acceptors (Lipinski definition) is 6. The predicted molar refractivity (Wildman–Crippen MR) is 92.4 cm³/mol. The molecule has 2 heterocycles. The van der Waals surface area contributed by atoms with Crippen molar-refractivity contribution in [3.63, 3.8) is 0 Å². The first-order valence-electron chi connectivity index (χ1n) is 7.40. The minimum atomic E-state index is -0.477. The summed E-state index contributed by atoms with van der Waals surface area (Å²) in [5, 5.41) is 4.68. The van der Waals surface area contributed by atoms with Gasteiger partial charge in [-0.3, -0.25) is 14.9 Å². The van der Waals surface area contributed by atoms with Crippen molar-refractivity contribution in [1.29, 1.82) is 0 Å². The Balaban J connectivity index is 1.64. The van der Waals surface area contributed by atoms with Crippen molar-refractivity contribution >= 4 is 28.3 Å². The lowest BCUT2D eigenvalue weighted by molar-refractivity contribution is -0.117. The van der Waals surface area contributed by atoms with E-state index in [9.17, 15) is 9.59 Å². The Morgan fingerprint density at radius 1 is 1.24 bits per heavy atom. The maximum absolute atomic E-state index is 12.4. The van der Waals surface area contributed by atoms with Gasteiger partial charge < -0.3 is 14.9 Å². The third-order valence-electron chi connectivity index (χ3n) is 3.22. The van der Waals surface area contributed by atoms with Gasteiger partial charge in [0.2, 0.25) is 5.91 Å². The molecule has 3 aromatic rings. The summed E-state index contributed by atoms with van der Waals surface area (Å²) >= 11 is 1.21. The van der Waals surface area contributed by atoms with Gasteiger partial charge in [0, 0.05) is 10.9 Å². The van der Waals surface area contributed by atoms with Gasteiger partial charge in [-0.2, -0.15) is 0 Å². The van der Waals surface area contributed by atoms with Gasteiger partial charge in [0.15, 0.2) is 10.9 Å². The quantitative estimate of drug-likeness (QED) is 0.676. The number of nitrogens with one attached hydrogen (secondary N) is 1. The van der Waals surface area contributed by atoms with Gasteiger partial charge in [-0.15, -0.1) is 11.3 Å². The summed E-state index contributed by atoms with van der Waals surface area (Å²) in [5.74, 6) is -0.0557. The Morgan fingerprint density at radius 3 is 2.80 bits per heavy atom. The molecule has 0 aliphatic rings. The molecule has 1 aromatic carbocycles. The number of primary amides is 1. The highest BCUT2D eigenvalue weighted by atomic mass is 32.1. The fourth-order valence-corrected chi connectivity index (χ4v) is 2.81. The molecule has 8 heteroatoms. The molecule has 0 aliphatic heterocycles. The zero-order chi connectivity index (χ0) is 17.6. The number of ether oxygens (including phenoxy) is 1. The minimum Gasteiger partial charge on any atom is -0.489 e. The van der Waals surface area contributed by atoms with E-state index >= 15 is 0 Å². The fraction of sp³-hybridized carbons (Fsp3) is 0.118. The van der Waals surface area contributed by atoms with Crippen LogP contribution in [0.1, 0.15) is 21.8 Å². The van der Waals surface area contributed by atoms with Crippen LogP contribution < -0.4 is 15.8 Å². The van der Waals surface area contributed by atoms with Crippen molar-refractivity contribution < 1.29 is 18.7 Å². The standard InChI is InChI=1S/C17H15N3O4S/c18-14(21)8-12-10-25-17(19-12)20-16(22)15-11(6-7-23-15)9-24-13-4-2-1-3-5-13/h1-7,10H,8-9H2,(H2,18,21)(H,19,20,22). The first-order valence-corrected chi connectivity index (χ1v) is 8.28. The Bertz CT molecular complexity index is 873. The molecule has 25 heavy (non-hydrogen) atoms. The topological polar surface area (TPSA) is 107 Å². The van der Waals surface area contributed by atoms with Crippen LogP contribution in [0.15, 0.2) is 52.5 Å². The number of para-hydroxylation sites is 1. The molecule has 0 saturated carbocycles. The number of carbonyl (C=O) groups is 2. The summed E-state index contributed by atoms with van der Waals surface area (Å²) in [6.45, 7) is 0.202. The van der Waals surface area contributed by atoms with E-state index in [2.05, 4.69) is 10.3 Å². The van der Waals surface area contributed by atoms with Crippen LogP contribution in [0, 0.1) is 0 Å². The molecule has 7 nitrogen and oxygen atoms in total. The summed E-state index contributed by atoms with van der Waals surface area (Å²) in [6, 6.07) is 11.0. The van der Waals surface area contributed by atoms with Crippen LogP contribution in [0.4, 0.5) is 5.13 Å². The molecular weight excluding hydrogens is 342 g/mol. The summed E-state index contributed by atoms with van der Waals surface area (Å²) in [4.78, 5) is 27.4. The van der Waals surface area contributed by atoms with Crippen molar-refractivity contribution in [1.82, 2.24) is 4.98 Å². The van der Waals surface area contributed by atoms with E-state index < -0.39 is 11.8 Å².